The average Bonchev–Trinajstić information content (AvgIpc) is 3.31. The zero-order valence-corrected chi connectivity index (χ0v) is 24.3. The van der Waals surface area contributed by atoms with Crippen molar-refractivity contribution in [3.05, 3.63) is 15.8 Å². The predicted octanol–water partition coefficient (Wildman–Crippen LogP) is 5.81. The fourth-order valence-corrected chi connectivity index (χ4v) is 9.56. The summed E-state index contributed by atoms with van der Waals surface area (Å²) in [5, 5.41) is 9.36. The van der Waals surface area contributed by atoms with Gasteiger partial charge in [0.15, 0.2) is 9.84 Å². The van der Waals surface area contributed by atoms with E-state index in [1.54, 1.807) is 4.90 Å². The van der Waals surface area contributed by atoms with Gasteiger partial charge in [-0.25, -0.2) is 13.2 Å². The molecule has 0 unspecified atom stereocenters. The molecule has 2 aliphatic carbocycles. The number of carboxylic acid groups (broad SMARTS) is 1. The maximum absolute atomic E-state index is 14.1. The highest BCUT2D eigenvalue weighted by Gasteiger charge is 2.42. The van der Waals surface area contributed by atoms with Crippen LogP contribution in [-0.2, 0) is 24.8 Å². The minimum atomic E-state index is -3.26. The van der Waals surface area contributed by atoms with E-state index >= 15 is 0 Å². The number of ether oxygens (including phenoxy) is 1. The second-order valence-corrected chi connectivity index (χ2v) is 15.9. The number of sulfone groups is 1. The number of rotatable bonds is 6. The molecular formula is C28H43NO6S2. The number of carbonyl (C=O) groups is 2. The second-order valence-electron chi connectivity index (χ2n) is 12.4. The quantitative estimate of drug-likeness (QED) is 0.477. The number of amides is 1. The molecule has 0 radical (unpaired) electrons. The number of anilines is 1. The molecule has 0 bridgehead atoms. The molecule has 0 atom stereocenters. The first-order valence-electron chi connectivity index (χ1n) is 13.9. The van der Waals surface area contributed by atoms with E-state index in [-0.39, 0.29) is 33.4 Å². The first-order valence-corrected chi connectivity index (χ1v) is 16.3. The molecule has 1 aliphatic heterocycles. The molecule has 0 spiro atoms. The van der Waals surface area contributed by atoms with Crippen molar-refractivity contribution in [3.63, 3.8) is 0 Å². The van der Waals surface area contributed by atoms with Crippen LogP contribution >= 0.6 is 11.3 Å². The minimum Gasteiger partial charge on any atom is -0.477 e. The summed E-state index contributed by atoms with van der Waals surface area (Å²) < 4.78 is 32.1. The van der Waals surface area contributed by atoms with Crippen molar-refractivity contribution in [2.75, 3.05) is 18.1 Å². The molecule has 2 saturated carbocycles. The number of carboxylic acids is 1. The SMILES string of the molecule is CC1CCC(C(=O)N(c2cc(C(C)(C)C)sc2C(=O)O)C2CCC(S(=O)(=O)C3CCOCC3)CC2)CC1. The lowest BCUT2D eigenvalue weighted by Crippen LogP contribution is -2.48. The number of hydrogen-bond donors (Lipinski definition) is 1. The number of aromatic carboxylic acids is 1. The summed E-state index contributed by atoms with van der Waals surface area (Å²) in [5.41, 5.74) is 0.263. The normalized spacial score (nSPS) is 28.1. The van der Waals surface area contributed by atoms with Crippen molar-refractivity contribution < 1.29 is 27.9 Å². The third-order valence-electron chi connectivity index (χ3n) is 8.61. The van der Waals surface area contributed by atoms with Gasteiger partial charge in [0.05, 0.1) is 16.2 Å². The largest absolute Gasteiger partial charge is 0.477 e. The smallest absolute Gasteiger partial charge is 0.348 e. The Bertz CT molecular complexity index is 1070. The van der Waals surface area contributed by atoms with Gasteiger partial charge in [-0.1, -0.05) is 27.7 Å². The van der Waals surface area contributed by atoms with Crippen molar-refractivity contribution in [2.24, 2.45) is 11.8 Å². The lowest BCUT2D eigenvalue weighted by molar-refractivity contribution is -0.124. The Morgan fingerprint density at radius 3 is 2.05 bits per heavy atom. The van der Waals surface area contributed by atoms with Crippen LogP contribution < -0.4 is 4.90 Å². The zero-order valence-electron chi connectivity index (χ0n) is 22.7. The monoisotopic (exact) mass is 553 g/mol. The van der Waals surface area contributed by atoms with Crippen LogP contribution in [0, 0.1) is 11.8 Å². The first kappa shape index (κ1) is 28.6. The topological polar surface area (TPSA) is 101 Å². The molecule has 1 saturated heterocycles. The molecule has 208 valence electrons. The molecule has 1 aromatic rings. The third-order valence-corrected chi connectivity index (χ3v) is 13.0. The second kappa shape index (κ2) is 11.3. The lowest BCUT2D eigenvalue weighted by atomic mass is 9.81. The van der Waals surface area contributed by atoms with Crippen molar-refractivity contribution >= 4 is 38.7 Å². The van der Waals surface area contributed by atoms with E-state index in [9.17, 15) is 23.1 Å². The third kappa shape index (κ3) is 6.25. The lowest BCUT2D eigenvalue weighted by Gasteiger charge is -2.40. The Labute approximate surface area is 225 Å². The summed E-state index contributed by atoms with van der Waals surface area (Å²) in [4.78, 5) is 29.3. The Kier molecular flexibility index (Phi) is 8.76. The van der Waals surface area contributed by atoms with Gasteiger partial charge in [0.2, 0.25) is 5.91 Å². The summed E-state index contributed by atoms with van der Waals surface area (Å²) in [7, 11) is -3.26. The molecule has 3 aliphatic rings. The fourth-order valence-electron chi connectivity index (χ4n) is 6.19. The first-order chi connectivity index (χ1) is 17.4. The summed E-state index contributed by atoms with van der Waals surface area (Å²) in [6.07, 6.45) is 6.92. The number of hydrogen-bond acceptors (Lipinski definition) is 6. The maximum atomic E-state index is 14.1. The van der Waals surface area contributed by atoms with E-state index in [0.29, 0.717) is 63.3 Å². The Morgan fingerprint density at radius 1 is 0.946 bits per heavy atom. The molecule has 2 heterocycles. The van der Waals surface area contributed by atoms with Gasteiger partial charge >= 0.3 is 5.97 Å². The standard InChI is InChI=1S/C28H43NO6S2/c1-18-5-7-19(8-6-18)26(30)29(23-17-24(28(2,3)4)36-25(23)27(31)32)20-9-11-21(12-10-20)37(33,34)22-13-15-35-16-14-22/h17-22H,5-16H2,1-4H3,(H,31,32). The van der Waals surface area contributed by atoms with E-state index < -0.39 is 21.1 Å². The van der Waals surface area contributed by atoms with E-state index in [4.69, 9.17) is 4.74 Å². The highest BCUT2D eigenvalue weighted by atomic mass is 32.2. The molecule has 3 fully saturated rings. The van der Waals surface area contributed by atoms with E-state index in [2.05, 4.69) is 27.7 Å². The van der Waals surface area contributed by atoms with Gasteiger partial charge in [0.1, 0.15) is 4.88 Å². The number of nitrogens with zero attached hydrogens (tertiary/aromatic N) is 1. The number of thiophene rings is 1. The molecule has 1 N–H and O–H groups in total. The fraction of sp³-hybridized carbons (Fsp3) is 0.786. The molecule has 1 aromatic heterocycles. The van der Waals surface area contributed by atoms with Gasteiger partial charge in [-0.15, -0.1) is 11.3 Å². The number of carbonyl (C=O) groups excluding carboxylic acids is 1. The predicted molar refractivity (Wildman–Crippen MR) is 147 cm³/mol. The molecule has 9 heteroatoms. The van der Waals surface area contributed by atoms with Gasteiger partial charge in [-0.3, -0.25) is 4.79 Å². The maximum Gasteiger partial charge on any atom is 0.348 e. The highest BCUT2D eigenvalue weighted by molar-refractivity contribution is 7.92. The zero-order chi connectivity index (χ0) is 27.0. The Balaban J connectivity index is 1.62. The molecule has 37 heavy (non-hydrogen) atoms. The van der Waals surface area contributed by atoms with Crippen molar-refractivity contribution in [1.82, 2.24) is 0 Å². The molecule has 0 aromatic carbocycles. The van der Waals surface area contributed by atoms with Gasteiger partial charge in [-0.05, 0) is 81.6 Å². The summed E-state index contributed by atoms with van der Waals surface area (Å²) in [6, 6.07) is 1.72. The average molecular weight is 554 g/mol. The summed E-state index contributed by atoms with van der Waals surface area (Å²) >= 11 is 1.25. The van der Waals surface area contributed by atoms with Crippen molar-refractivity contribution in [3.8, 4) is 0 Å². The van der Waals surface area contributed by atoms with E-state index in [1.807, 2.05) is 6.07 Å². The van der Waals surface area contributed by atoms with Gasteiger partial charge in [-0.2, -0.15) is 0 Å². The Morgan fingerprint density at radius 2 is 1.51 bits per heavy atom. The van der Waals surface area contributed by atoms with Crippen LogP contribution in [-0.4, -0.2) is 55.2 Å². The van der Waals surface area contributed by atoms with Crippen LogP contribution in [0.15, 0.2) is 6.07 Å². The van der Waals surface area contributed by atoms with Crippen molar-refractivity contribution in [2.45, 2.75) is 114 Å². The van der Waals surface area contributed by atoms with Crippen molar-refractivity contribution in [1.29, 1.82) is 0 Å². The van der Waals surface area contributed by atoms with Crippen LogP contribution in [0.1, 0.15) is 106 Å². The molecular weight excluding hydrogens is 510 g/mol. The van der Waals surface area contributed by atoms with Gasteiger partial charge < -0.3 is 14.7 Å². The highest BCUT2D eigenvalue weighted by Crippen LogP contribution is 2.42. The summed E-state index contributed by atoms with van der Waals surface area (Å²) in [5.74, 6) is -0.504. The van der Waals surface area contributed by atoms with E-state index in [0.717, 1.165) is 30.6 Å². The molecule has 4 rings (SSSR count). The van der Waals surface area contributed by atoms with Gasteiger partial charge in [0.25, 0.3) is 0 Å². The van der Waals surface area contributed by atoms with Crippen LogP contribution in [0.25, 0.3) is 0 Å². The molecule has 7 nitrogen and oxygen atoms in total. The van der Waals surface area contributed by atoms with Crippen LogP contribution in [0.3, 0.4) is 0 Å². The molecule has 1 amide bonds. The van der Waals surface area contributed by atoms with Gasteiger partial charge in [0, 0.05) is 30.1 Å². The summed E-state index contributed by atoms with van der Waals surface area (Å²) in [6.45, 7) is 9.36. The van der Waals surface area contributed by atoms with Crippen LogP contribution in [0.4, 0.5) is 5.69 Å². The van der Waals surface area contributed by atoms with Crippen LogP contribution in [0.2, 0.25) is 0 Å². The van der Waals surface area contributed by atoms with Crippen LogP contribution in [0.5, 0.6) is 0 Å². The van der Waals surface area contributed by atoms with E-state index in [1.165, 1.54) is 11.3 Å². The minimum absolute atomic E-state index is 0.0170. The Hall–Kier alpha value is -1.45.